The van der Waals surface area contributed by atoms with Crippen molar-refractivity contribution in [2.24, 2.45) is 0 Å². The number of carboxylic acids is 1. The number of fused-ring (bicyclic) bond motifs is 1. The second-order valence-electron chi connectivity index (χ2n) is 4.96. The Balaban J connectivity index is 1.99. The number of carbonyl (C=O) groups is 1. The summed E-state index contributed by atoms with van der Waals surface area (Å²) in [5.41, 5.74) is 3.74. The molecule has 3 rings (SSSR count). The lowest BCUT2D eigenvalue weighted by atomic mass is 10.1. The molecule has 0 spiro atoms. The molecule has 3 nitrogen and oxygen atoms in total. The van der Waals surface area contributed by atoms with Crippen molar-refractivity contribution in [3.8, 4) is 0 Å². The van der Waals surface area contributed by atoms with Crippen LogP contribution in [0.2, 0.25) is 0 Å². The Morgan fingerprint density at radius 2 is 1.95 bits per heavy atom. The number of carboxylic acid groups (broad SMARTS) is 1. The zero-order chi connectivity index (χ0) is 14.1. The van der Waals surface area contributed by atoms with E-state index in [0.29, 0.717) is 12.1 Å². The summed E-state index contributed by atoms with van der Waals surface area (Å²) in [4.78, 5) is 11.0. The van der Waals surface area contributed by atoms with Crippen LogP contribution in [0.4, 0.5) is 0 Å². The molecule has 20 heavy (non-hydrogen) atoms. The SMILES string of the molecule is Cc1cccc2c1ccn2Cc1cccc(C(=O)O)c1. The van der Waals surface area contributed by atoms with E-state index in [2.05, 4.69) is 29.7 Å². The minimum atomic E-state index is -0.889. The van der Waals surface area contributed by atoms with Crippen LogP contribution in [0.25, 0.3) is 10.9 Å². The van der Waals surface area contributed by atoms with E-state index in [0.717, 1.165) is 5.56 Å². The Morgan fingerprint density at radius 1 is 1.15 bits per heavy atom. The van der Waals surface area contributed by atoms with Crippen molar-refractivity contribution in [2.75, 3.05) is 0 Å². The van der Waals surface area contributed by atoms with Gasteiger partial charge in [0, 0.05) is 23.6 Å². The smallest absolute Gasteiger partial charge is 0.335 e. The molecule has 0 aliphatic rings. The molecule has 0 saturated carbocycles. The van der Waals surface area contributed by atoms with Crippen LogP contribution in [0.1, 0.15) is 21.5 Å². The van der Waals surface area contributed by atoms with Crippen molar-refractivity contribution in [2.45, 2.75) is 13.5 Å². The first-order chi connectivity index (χ1) is 9.65. The van der Waals surface area contributed by atoms with Gasteiger partial charge in [-0.15, -0.1) is 0 Å². The molecule has 100 valence electrons. The van der Waals surface area contributed by atoms with Crippen LogP contribution in [-0.2, 0) is 6.54 Å². The molecule has 0 saturated heterocycles. The Labute approximate surface area is 117 Å². The number of hydrogen-bond acceptors (Lipinski definition) is 1. The summed E-state index contributed by atoms with van der Waals surface area (Å²) in [5.74, 6) is -0.889. The van der Waals surface area contributed by atoms with Gasteiger partial charge in [-0.3, -0.25) is 0 Å². The highest BCUT2D eigenvalue weighted by Gasteiger charge is 2.06. The molecule has 1 aromatic heterocycles. The number of aromatic nitrogens is 1. The molecule has 1 N–H and O–H groups in total. The fraction of sp³-hybridized carbons (Fsp3) is 0.118. The van der Waals surface area contributed by atoms with E-state index >= 15 is 0 Å². The van der Waals surface area contributed by atoms with Crippen LogP contribution in [0.15, 0.2) is 54.7 Å². The Hall–Kier alpha value is -2.55. The molecule has 1 heterocycles. The molecule has 0 bridgehead atoms. The van der Waals surface area contributed by atoms with Crippen molar-refractivity contribution in [3.63, 3.8) is 0 Å². The first-order valence-electron chi connectivity index (χ1n) is 6.52. The predicted molar refractivity (Wildman–Crippen MR) is 79.2 cm³/mol. The van der Waals surface area contributed by atoms with Crippen molar-refractivity contribution in [3.05, 3.63) is 71.4 Å². The van der Waals surface area contributed by atoms with Crippen molar-refractivity contribution >= 4 is 16.9 Å². The van der Waals surface area contributed by atoms with Gasteiger partial charge in [0.2, 0.25) is 0 Å². The fourth-order valence-electron chi connectivity index (χ4n) is 2.51. The molecule has 0 amide bonds. The molecule has 0 atom stereocenters. The maximum atomic E-state index is 11.0. The molecule has 0 fully saturated rings. The minimum absolute atomic E-state index is 0.329. The van der Waals surface area contributed by atoms with Crippen LogP contribution >= 0.6 is 0 Å². The molecule has 3 aromatic rings. The summed E-state index contributed by atoms with van der Waals surface area (Å²) < 4.78 is 2.14. The predicted octanol–water partition coefficient (Wildman–Crippen LogP) is 3.70. The van der Waals surface area contributed by atoms with Crippen molar-refractivity contribution < 1.29 is 9.90 Å². The van der Waals surface area contributed by atoms with Gasteiger partial charge in [-0.25, -0.2) is 4.79 Å². The summed E-state index contributed by atoms with van der Waals surface area (Å²) in [6, 6.07) is 15.4. The van der Waals surface area contributed by atoms with Crippen LogP contribution in [-0.4, -0.2) is 15.6 Å². The highest BCUT2D eigenvalue weighted by atomic mass is 16.4. The lowest BCUT2D eigenvalue weighted by molar-refractivity contribution is 0.0696. The van der Waals surface area contributed by atoms with E-state index in [1.165, 1.54) is 16.5 Å². The van der Waals surface area contributed by atoms with E-state index in [-0.39, 0.29) is 0 Å². The summed E-state index contributed by atoms with van der Waals surface area (Å²) in [5, 5.41) is 10.3. The third-order valence-corrected chi connectivity index (χ3v) is 3.56. The summed E-state index contributed by atoms with van der Waals surface area (Å²) >= 11 is 0. The maximum absolute atomic E-state index is 11.0. The van der Waals surface area contributed by atoms with E-state index in [1.54, 1.807) is 18.2 Å². The van der Waals surface area contributed by atoms with Gasteiger partial charge >= 0.3 is 5.97 Å². The molecule has 0 radical (unpaired) electrons. The average molecular weight is 265 g/mol. The van der Waals surface area contributed by atoms with Crippen LogP contribution in [0.3, 0.4) is 0 Å². The fourth-order valence-corrected chi connectivity index (χ4v) is 2.51. The number of hydrogen-bond donors (Lipinski definition) is 1. The number of benzene rings is 2. The summed E-state index contributed by atoms with van der Waals surface area (Å²) in [7, 11) is 0. The standard InChI is InChI=1S/C17H15NO2/c1-12-4-2-7-16-15(12)8-9-18(16)11-13-5-3-6-14(10-13)17(19)20/h2-10H,11H2,1H3,(H,19,20). The molecule has 0 unspecified atom stereocenters. The van der Waals surface area contributed by atoms with Crippen molar-refractivity contribution in [1.29, 1.82) is 0 Å². The van der Waals surface area contributed by atoms with Gasteiger partial charge in [0.15, 0.2) is 0 Å². The topological polar surface area (TPSA) is 42.2 Å². The lowest BCUT2D eigenvalue weighted by Gasteiger charge is -2.07. The van der Waals surface area contributed by atoms with Gasteiger partial charge in [0.25, 0.3) is 0 Å². The quantitative estimate of drug-likeness (QED) is 0.784. The third-order valence-electron chi connectivity index (χ3n) is 3.56. The minimum Gasteiger partial charge on any atom is -0.478 e. The second kappa shape index (κ2) is 4.85. The van der Waals surface area contributed by atoms with Crippen LogP contribution in [0, 0.1) is 6.92 Å². The highest BCUT2D eigenvalue weighted by molar-refractivity contribution is 5.87. The van der Waals surface area contributed by atoms with E-state index < -0.39 is 5.97 Å². The molecule has 0 aliphatic heterocycles. The molecule has 2 aromatic carbocycles. The number of aromatic carboxylic acids is 1. The second-order valence-corrected chi connectivity index (χ2v) is 4.96. The van der Waals surface area contributed by atoms with Gasteiger partial charge in [-0.1, -0.05) is 24.3 Å². The first kappa shape index (κ1) is 12.5. The number of aryl methyl sites for hydroxylation is 1. The largest absolute Gasteiger partial charge is 0.478 e. The van der Waals surface area contributed by atoms with Crippen molar-refractivity contribution in [1.82, 2.24) is 4.57 Å². The van der Waals surface area contributed by atoms with Gasteiger partial charge < -0.3 is 9.67 Å². The zero-order valence-electron chi connectivity index (χ0n) is 11.2. The van der Waals surface area contributed by atoms with Gasteiger partial charge in [-0.05, 0) is 42.3 Å². The number of rotatable bonds is 3. The zero-order valence-corrected chi connectivity index (χ0v) is 11.2. The monoisotopic (exact) mass is 265 g/mol. The third kappa shape index (κ3) is 2.18. The Bertz CT molecular complexity index is 787. The summed E-state index contributed by atoms with van der Waals surface area (Å²) in [6.45, 7) is 2.77. The van der Waals surface area contributed by atoms with E-state index in [9.17, 15) is 4.79 Å². The van der Waals surface area contributed by atoms with Crippen LogP contribution < -0.4 is 0 Å². The van der Waals surface area contributed by atoms with E-state index in [1.807, 2.05) is 18.3 Å². The van der Waals surface area contributed by atoms with Gasteiger partial charge in [0.05, 0.1) is 5.56 Å². The lowest BCUT2D eigenvalue weighted by Crippen LogP contribution is -2.01. The summed E-state index contributed by atoms with van der Waals surface area (Å²) in [6.07, 6.45) is 2.05. The van der Waals surface area contributed by atoms with E-state index in [4.69, 9.17) is 5.11 Å². The van der Waals surface area contributed by atoms with Gasteiger partial charge in [-0.2, -0.15) is 0 Å². The molecular weight excluding hydrogens is 250 g/mol. The van der Waals surface area contributed by atoms with Gasteiger partial charge in [0.1, 0.15) is 0 Å². The molecule has 0 aliphatic carbocycles. The first-order valence-corrected chi connectivity index (χ1v) is 6.52. The Morgan fingerprint density at radius 3 is 2.75 bits per heavy atom. The average Bonchev–Trinajstić information content (AvgIpc) is 2.84. The molecular formula is C17H15NO2. The normalized spacial score (nSPS) is 10.8. The highest BCUT2D eigenvalue weighted by Crippen LogP contribution is 2.20. The van der Waals surface area contributed by atoms with Crippen LogP contribution in [0.5, 0.6) is 0 Å². The Kier molecular flexibility index (Phi) is 3.03. The number of nitrogens with zero attached hydrogens (tertiary/aromatic N) is 1. The maximum Gasteiger partial charge on any atom is 0.335 e. The molecule has 3 heteroatoms.